The average molecular weight is 427 g/mol. The fraction of sp³-hybridized carbons (Fsp3) is 0.0323. The van der Waals surface area contributed by atoms with E-state index in [9.17, 15) is 0 Å². The smallest absolute Gasteiger partial charge is 0.0433 e. The molecule has 0 radical (unpaired) electrons. The van der Waals surface area contributed by atoms with Gasteiger partial charge in [0.15, 0.2) is 0 Å². The van der Waals surface area contributed by atoms with Crippen LogP contribution in [0.25, 0.3) is 53.6 Å². The second-order valence-electron chi connectivity index (χ2n) is 8.31. The van der Waals surface area contributed by atoms with Crippen molar-refractivity contribution < 1.29 is 0 Å². The highest BCUT2D eigenvalue weighted by atomic mass is 32.1. The van der Waals surface area contributed by atoms with E-state index in [1.54, 1.807) is 0 Å². The molecule has 0 fully saturated rings. The maximum atomic E-state index is 2.33. The van der Waals surface area contributed by atoms with E-state index in [1.807, 2.05) is 11.3 Å². The molecular weight excluding hydrogens is 404 g/mol. The summed E-state index contributed by atoms with van der Waals surface area (Å²) in [6.07, 6.45) is 0. The molecule has 32 heavy (non-hydrogen) atoms. The van der Waals surface area contributed by atoms with Crippen molar-refractivity contribution in [1.29, 1.82) is 0 Å². The lowest BCUT2D eigenvalue weighted by Gasteiger charge is -2.09. The quantitative estimate of drug-likeness (QED) is 0.264. The molecule has 0 aliphatic rings. The van der Waals surface area contributed by atoms with Gasteiger partial charge in [-0.15, -0.1) is 11.3 Å². The summed E-state index contributed by atoms with van der Waals surface area (Å²) in [4.78, 5) is 0. The van der Waals surface area contributed by atoms with Gasteiger partial charge in [0, 0.05) is 20.2 Å². The molecule has 6 aromatic rings. The number of aryl methyl sites for hydroxylation is 1. The highest BCUT2D eigenvalue weighted by Gasteiger charge is 2.11. The minimum Gasteiger partial charge on any atom is -0.135 e. The van der Waals surface area contributed by atoms with Gasteiger partial charge in [-0.1, -0.05) is 103 Å². The maximum Gasteiger partial charge on any atom is 0.0433 e. The first-order valence-electron chi connectivity index (χ1n) is 10.9. The largest absolute Gasteiger partial charge is 0.135 e. The van der Waals surface area contributed by atoms with Crippen LogP contribution in [-0.2, 0) is 0 Å². The Labute approximate surface area is 192 Å². The molecule has 0 saturated carbocycles. The number of rotatable bonds is 3. The van der Waals surface area contributed by atoms with Crippen molar-refractivity contribution in [3.05, 3.63) is 121 Å². The topological polar surface area (TPSA) is 0 Å². The Bertz CT molecular complexity index is 1590. The number of benzene rings is 5. The summed E-state index contributed by atoms with van der Waals surface area (Å²) in [5.74, 6) is 0. The molecule has 0 nitrogen and oxygen atoms in total. The Hall–Kier alpha value is -3.68. The summed E-state index contributed by atoms with van der Waals surface area (Å²) in [6, 6.07) is 41.9. The van der Waals surface area contributed by atoms with Crippen molar-refractivity contribution in [2.75, 3.05) is 0 Å². The lowest BCUT2D eigenvalue weighted by atomic mass is 9.95. The van der Waals surface area contributed by atoms with Crippen LogP contribution in [0.15, 0.2) is 115 Å². The first kappa shape index (κ1) is 19.0. The Balaban J connectivity index is 1.47. The summed E-state index contributed by atoms with van der Waals surface area (Å²) >= 11 is 1.89. The Morgan fingerprint density at radius 3 is 1.78 bits per heavy atom. The van der Waals surface area contributed by atoms with Gasteiger partial charge in [-0.3, -0.25) is 0 Å². The minimum absolute atomic E-state index is 1.24. The van der Waals surface area contributed by atoms with Gasteiger partial charge in [0.2, 0.25) is 0 Å². The molecule has 6 rings (SSSR count). The highest BCUT2D eigenvalue weighted by molar-refractivity contribution is 7.26. The molecule has 0 spiro atoms. The zero-order valence-corrected chi connectivity index (χ0v) is 18.7. The second-order valence-corrected chi connectivity index (χ2v) is 9.36. The summed E-state index contributed by atoms with van der Waals surface area (Å²) in [6.45, 7) is 2.14. The van der Waals surface area contributed by atoms with E-state index in [-0.39, 0.29) is 0 Å². The monoisotopic (exact) mass is 426 g/mol. The standard InChI is InChI=1S/C31H22S/c1-21-8-4-9-22(18-21)23-10-5-11-24(19-23)25-12-6-13-26(20-25)27-15-7-16-29-28-14-2-3-17-30(28)32-31(27)29/h2-20H,1H3. The lowest BCUT2D eigenvalue weighted by molar-refractivity contribution is 1.47. The Morgan fingerprint density at radius 1 is 0.469 bits per heavy atom. The van der Waals surface area contributed by atoms with Gasteiger partial charge in [0.25, 0.3) is 0 Å². The van der Waals surface area contributed by atoms with E-state index < -0.39 is 0 Å². The molecule has 0 N–H and O–H groups in total. The maximum absolute atomic E-state index is 2.33. The van der Waals surface area contributed by atoms with Gasteiger partial charge in [0.05, 0.1) is 0 Å². The van der Waals surface area contributed by atoms with Gasteiger partial charge in [-0.2, -0.15) is 0 Å². The van der Waals surface area contributed by atoms with Crippen LogP contribution in [0.2, 0.25) is 0 Å². The van der Waals surface area contributed by atoms with E-state index in [2.05, 4.69) is 122 Å². The van der Waals surface area contributed by atoms with Gasteiger partial charge in [-0.25, -0.2) is 0 Å². The molecule has 0 bridgehead atoms. The predicted molar refractivity (Wildman–Crippen MR) is 140 cm³/mol. The van der Waals surface area contributed by atoms with E-state index in [0.29, 0.717) is 0 Å². The van der Waals surface area contributed by atoms with Crippen molar-refractivity contribution in [2.24, 2.45) is 0 Å². The molecule has 0 saturated heterocycles. The van der Waals surface area contributed by atoms with Crippen LogP contribution >= 0.6 is 11.3 Å². The van der Waals surface area contributed by atoms with Crippen molar-refractivity contribution >= 4 is 31.5 Å². The number of hydrogen-bond acceptors (Lipinski definition) is 1. The Morgan fingerprint density at radius 2 is 1.03 bits per heavy atom. The van der Waals surface area contributed by atoms with Crippen LogP contribution < -0.4 is 0 Å². The van der Waals surface area contributed by atoms with E-state index in [4.69, 9.17) is 0 Å². The third-order valence-electron chi connectivity index (χ3n) is 6.13. The molecule has 0 aliphatic carbocycles. The second kappa shape index (κ2) is 7.78. The molecule has 0 amide bonds. The first-order chi connectivity index (χ1) is 15.8. The zero-order valence-electron chi connectivity index (χ0n) is 17.9. The highest BCUT2D eigenvalue weighted by Crippen LogP contribution is 2.40. The van der Waals surface area contributed by atoms with Gasteiger partial charge in [0.1, 0.15) is 0 Å². The fourth-order valence-corrected chi connectivity index (χ4v) is 5.78. The number of fused-ring (bicyclic) bond motifs is 3. The number of hydrogen-bond donors (Lipinski definition) is 0. The molecule has 1 aromatic heterocycles. The van der Waals surface area contributed by atoms with Gasteiger partial charge in [-0.05, 0) is 58.5 Å². The molecule has 5 aromatic carbocycles. The van der Waals surface area contributed by atoms with Crippen LogP contribution in [0.1, 0.15) is 5.56 Å². The molecule has 0 aliphatic heterocycles. The third kappa shape index (κ3) is 3.32. The summed E-state index contributed by atoms with van der Waals surface area (Å²) in [5, 5.41) is 2.69. The van der Waals surface area contributed by atoms with E-state index in [0.717, 1.165) is 0 Å². The Kier molecular flexibility index (Phi) is 4.63. The fourth-order valence-electron chi connectivity index (χ4n) is 4.54. The normalized spacial score (nSPS) is 11.3. The lowest BCUT2D eigenvalue weighted by Crippen LogP contribution is -1.84. The van der Waals surface area contributed by atoms with Crippen molar-refractivity contribution in [2.45, 2.75) is 6.92 Å². The van der Waals surface area contributed by atoms with E-state index in [1.165, 1.54) is 59.1 Å². The molecule has 1 heterocycles. The van der Waals surface area contributed by atoms with Gasteiger partial charge >= 0.3 is 0 Å². The first-order valence-corrected chi connectivity index (χ1v) is 11.8. The van der Waals surface area contributed by atoms with Crippen LogP contribution in [0.3, 0.4) is 0 Å². The predicted octanol–water partition coefficient (Wildman–Crippen LogP) is 9.36. The minimum atomic E-state index is 1.24. The summed E-state index contributed by atoms with van der Waals surface area (Å²) in [5.41, 5.74) is 8.86. The van der Waals surface area contributed by atoms with Crippen molar-refractivity contribution in [3.63, 3.8) is 0 Å². The van der Waals surface area contributed by atoms with Crippen molar-refractivity contribution in [3.8, 4) is 33.4 Å². The average Bonchev–Trinajstić information content (AvgIpc) is 3.23. The molecule has 1 heteroatoms. The molecular formula is C31H22S. The molecule has 0 unspecified atom stereocenters. The summed E-state index contributed by atoms with van der Waals surface area (Å²) in [7, 11) is 0. The third-order valence-corrected chi connectivity index (χ3v) is 7.35. The number of thiophene rings is 1. The van der Waals surface area contributed by atoms with Gasteiger partial charge < -0.3 is 0 Å². The van der Waals surface area contributed by atoms with Crippen LogP contribution in [0.5, 0.6) is 0 Å². The van der Waals surface area contributed by atoms with Crippen LogP contribution in [0, 0.1) is 6.92 Å². The van der Waals surface area contributed by atoms with Crippen LogP contribution in [0.4, 0.5) is 0 Å². The zero-order chi connectivity index (χ0) is 21.5. The van der Waals surface area contributed by atoms with Crippen molar-refractivity contribution in [1.82, 2.24) is 0 Å². The SMILES string of the molecule is Cc1cccc(-c2cccc(-c3cccc(-c4cccc5c4sc4ccccc45)c3)c2)c1. The molecule has 0 atom stereocenters. The molecule has 152 valence electrons. The van der Waals surface area contributed by atoms with E-state index >= 15 is 0 Å². The summed E-state index contributed by atoms with van der Waals surface area (Å²) < 4.78 is 2.70. The van der Waals surface area contributed by atoms with Crippen LogP contribution in [-0.4, -0.2) is 0 Å².